The molecule has 3 aromatic rings. The van der Waals surface area contributed by atoms with Gasteiger partial charge in [-0.25, -0.2) is 9.97 Å². The molecule has 128 valence electrons. The van der Waals surface area contributed by atoms with Crippen LogP contribution in [0.5, 0.6) is 0 Å². The molecule has 1 aromatic carbocycles. The molecule has 1 amide bonds. The van der Waals surface area contributed by atoms with Crippen molar-refractivity contribution in [2.75, 3.05) is 6.54 Å². The number of hydrogen-bond acceptors (Lipinski definition) is 4. The first-order chi connectivity index (χ1) is 12.2. The van der Waals surface area contributed by atoms with E-state index in [0.29, 0.717) is 5.69 Å². The summed E-state index contributed by atoms with van der Waals surface area (Å²) in [6.07, 6.45) is 5.10. The highest BCUT2D eigenvalue weighted by Gasteiger charge is 2.34. The zero-order valence-electron chi connectivity index (χ0n) is 14.5. The van der Waals surface area contributed by atoms with Crippen molar-refractivity contribution in [1.82, 2.24) is 24.4 Å². The second kappa shape index (κ2) is 6.27. The average Bonchev–Trinajstić information content (AvgIpc) is 3.25. The van der Waals surface area contributed by atoms with Crippen LogP contribution in [0, 0.1) is 6.92 Å². The Morgan fingerprint density at radius 1 is 1.24 bits per heavy atom. The third kappa shape index (κ3) is 2.67. The van der Waals surface area contributed by atoms with E-state index in [1.165, 1.54) is 0 Å². The summed E-state index contributed by atoms with van der Waals surface area (Å²) in [4.78, 5) is 28.1. The second-order valence-electron chi connectivity index (χ2n) is 6.40. The molecule has 4 rings (SSSR count). The zero-order chi connectivity index (χ0) is 17.4. The van der Waals surface area contributed by atoms with Crippen molar-refractivity contribution in [3.05, 3.63) is 53.9 Å². The smallest absolute Gasteiger partial charge is 0.274 e. The maximum atomic E-state index is 12.9. The van der Waals surface area contributed by atoms with Crippen LogP contribution in [0.25, 0.3) is 11.0 Å². The predicted molar refractivity (Wildman–Crippen MR) is 95.2 cm³/mol. The topological polar surface area (TPSA) is 63.9 Å². The van der Waals surface area contributed by atoms with E-state index in [0.717, 1.165) is 48.5 Å². The number of para-hydroxylation sites is 2. The molecule has 0 N–H and O–H groups in total. The Bertz CT molecular complexity index is 915. The minimum absolute atomic E-state index is 0.0112. The van der Waals surface area contributed by atoms with E-state index in [2.05, 4.69) is 27.5 Å². The van der Waals surface area contributed by atoms with Gasteiger partial charge >= 0.3 is 0 Å². The largest absolute Gasteiger partial charge is 0.327 e. The van der Waals surface area contributed by atoms with Crippen LogP contribution in [0.3, 0.4) is 0 Å². The number of hydrogen-bond donors (Lipinski definition) is 0. The lowest BCUT2D eigenvalue weighted by Gasteiger charge is -2.24. The number of amides is 1. The van der Waals surface area contributed by atoms with Crippen molar-refractivity contribution in [2.45, 2.75) is 39.3 Å². The summed E-state index contributed by atoms with van der Waals surface area (Å²) in [5.74, 6) is 0.902. The predicted octanol–water partition coefficient (Wildman–Crippen LogP) is 3.13. The molecule has 6 heteroatoms. The number of nitrogens with zero attached hydrogens (tertiary/aromatic N) is 5. The highest BCUT2D eigenvalue weighted by Crippen LogP contribution is 2.34. The van der Waals surface area contributed by atoms with Crippen LogP contribution >= 0.6 is 0 Å². The Morgan fingerprint density at radius 3 is 2.84 bits per heavy atom. The van der Waals surface area contributed by atoms with Crippen LogP contribution in [-0.2, 0) is 6.54 Å². The highest BCUT2D eigenvalue weighted by atomic mass is 16.2. The van der Waals surface area contributed by atoms with Crippen LogP contribution in [0.1, 0.15) is 47.8 Å². The highest BCUT2D eigenvalue weighted by molar-refractivity contribution is 5.92. The maximum Gasteiger partial charge on any atom is 0.274 e. The van der Waals surface area contributed by atoms with Crippen LogP contribution in [0.15, 0.2) is 36.7 Å². The number of aromatic nitrogens is 4. The number of benzene rings is 1. The number of carbonyl (C=O) groups excluding carboxylic acids is 1. The van der Waals surface area contributed by atoms with Crippen LogP contribution in [0.4, 0.5) is 0 Å². The molecule has 0 unspecified atom stereocenters. The number of fused-ring (bicyclic) bond motifs is 1. The molecule has 2 aromatic heterocycles. The second-order valence-corrected chi connectivity index (χ2v) is 6.40. The molecular weight excluding hydrogens is 314 g/mol. The molecule has 1 atom stereocenters. The molecule has 0 saturated carbocycles. The quantitative estimate of drug-likeness (QED) is 0.738. The van der Waals surface area contributed by atoms with Gasteiger partial charge < -0.3 is 9.47 Å². The Morgan fingerprint density at radius 2 is 2.08 bits per heavy atom. The van der Waals surface area contributed by atoms with E-state index in [1.54, 1.807) is 12.4 Å². The van der Waals surface area contributed by atoms with E-state index in [1.807, 2.05) is 30.0 Å². The third-order valence-corrected chi connectivity index (χ3v) is 4.81. The Labute approximate surface area is 146 Å². The number of rotatable bonds is 3. The maximum absolute atomic E-state index is 12.9. The van der Waals surface area contributed by atoms with E-state index in [4.69, 9.17) is 4.98 Å². The van der Waals surface area contributed by atoms with Gasteiger partial charge in [-0.2, -0.15) is 0 Å². The summed E-state index contributed by atoms with van der Waals surface area (Å²) in [7, 11) is 0. The molecule has 1 fully saturated rings. The fourth-order valence-corrected chi connectivity index (χ4v) is 3.61. The molecule has 1 saturated heterocycles. The van der Waals surface area contributed by atoms with Crippen molar-refractivity contribution in [3.63, 3.8) is 0 Å². The first-order valence-corrected chi connectivity index (χ1v) is 8.74. The number of likely N-dealkylation sites (tertiary alicyclic amines) is 1. The molecule has 0 spiro atoms. The molecule has 1 aliphatic rings. The minimum Gasteiger partial charge on any atom is -0.327 e. The molecule has 6 nitrogen and oxygen atoms in total. The summed E-state index contributed by atoms with van der Waals surface area (Å²) in [6, 6.07) is 8.13. The fourth-order valence-electron chi connectivity index (χ4n) is 3.61. The van der Waals surface area contributed by atoms with E-state index in [-0.39, 0.29) is 11.9 Å². The molecular formula is C19H21N5O. The average molecular weight is 335 g/mol. The van der Waals surface area contributed by atoms with Crippen LogP contribution < -0.4 is 0 Å². The van der Waals surface area contributed by atoms with Crippen molar-refractivity contribution >= 4 is 16.9 Å². The summed E-state index contributed by atoms with van der Waals surface area (Å²) in [6.45, 7) is 5.54. The van der Waals surface area contributed by atoms with Crippen LogP contribution in [0.2, 0.25) is 0 Å². The standard InChI is InChI=1S/C19H21N5O/c1-3-23-16-8-5-4-7-14(16)22-18(23)17-9-6-10-24(17)19(25)15-12-20-13(2)11-21-15/h4-5,7-8,11-12,17H,3,6,9-10H2,1-2H3/t17-/m0/s1. The monoisotopic (exact) mass is 335 g/mol. The molecule has 3 heterocycles. The molecule has 1 aliphatic heterocycles. The third-order valence-electron chi connectivity index (χ3n) is 4.81. The normalized spacial score (nSPS) is 17.4. The van der Waals surface area contributed by atoms with Crippen molar-refractivity contribution in [1.29, 1.82) is 0 Å². The van der Waals surface area contributed by atoms with E-state index >= 15 is 0 Å². The van der Waals surface area contributed by atoms with Crippen molar-refractivity contribution in [3.8, 4) is 0 Å². The summed E-state index contributed by atoms with van der Waals surface area (Å²) >= 11 is 0. The van der Waals surface area contributed by atoms with Gasteiger partial charge in [0.05, 0.1) is 29.0 Å². The Kier molecular flexibility index (Phi) is 3.95. The fraction of sp³-hybridized carbons (Fsp3) is 0.368. The van der Waals surface area contributed by atoms with Gasteiger partial charge in [-0.1, -0.05) is 12.1 Å². The van der Waals surface area contributed by atoms with Gasteiger partial charge in [0, 0.05) is 19.3 Å². The lowest BCUT2D eigenvalue weighted by atomic mass is 10.2. The molecule has 0 radical (unpaired) electrons. The van der Waals surface area contributed by atoms with Gasteiger partial charge in [-0.3, -0.25) is 9.78 Å². The van der Waals surface area contributed by atoms with Gasteiger partial charge in [-0.05, 0) is 38.8 Å². The summed E-state index contributed by atoms with van der Waals surface area (Å²) in [5, 5.41) is 0. The molecule has 25 heavy (non-hydrogen) atoms. The molecule has 0 aliphatic carbocycles. The Hall–Kier alpha value is -2.76. The van der Waals surface area contributed by atoms with Crippen molar-refractivity contribution < 1.29 is 4.79 Å². The van der Waals surface area contributed by atoms with Gasteiger partial charge in [0.15, 0.2) is 0 Å². The van der Waals surface area contributed by atoms with Crippen molar-refractivity contribution in [2.24, 2.45) is 0 Å². The first-order valence-electron chi connectivity index (χ1n) is 8.74. The van der Waals surface area contributed by atoms with Gasteiger partial charge in [0.1, 0.15) is 11.5 Å². The molecule has 0 bridgehead atoms. The van der Waals surface area contributed by atoms with E-state index < -0.39 is 0 Å². The number of imidazole rings is 1. The lowest BCUT2D eigenvalue weighted by Crippen LogP contribution is -2.32. The Balaban J connectivity index is 1.72. The lowest BCUT2D eigenvalue weighted by molar-refractivity contribution is 0.0721. The first kappa shape index (κ1) is 15.7. The summed E-state index contributed by atoms with van der Waals surface area (Å²) in [5.41, 5.74) is 3.31. The van der Waals surface area contributed by atoms with Gasteiger partial charge in [0.2, 0.25) is 0 Å². The number of carbonyl (C=O) groups is 1. The summed E-state index contributed by atoms with van der Waals surface area (Å²) < 4.78 is 2.21. The van der Waals surface area contributed by atoms with Gasteiger partial charge in [-0.15, -0.1) is 0 Å². The minimum atomic E-state index is -0.0651. The van der Waals surface area contributed by atoms with E-state index in [9.17, 15) is 4.79 Å². The van der Waals surface area contributed by atoms with Gasteiger partial charge in [0.25, 0.3) is 5.91 Å². The number of aryl methyl sites for hydroxylation is 2. The zero-order valence-corrected chi connectivity index (χ0v) is 14.5. The van der Waals surface area contributed by atoms with Crippen LogP contribution in [-0.4, -0.2) is 36.9 Å². The SMILES string of the molecule is CCn1c([C@@H]2CCCN2C(=O)c2cnc(C)cn2)nc2ccccc21.